The molecule has 0 spiro atoms. The predicted molar refractivity (Wildman–Crippen MR) is 67.6 cm³/mol. The summed E-state index contributed by atoms with van der Waals surface area (Å²) < 4.78 is 2.64. The average Bonchev–Trinajstić information content (AvgIpc) is 2.78. The Bertz CT molecular complexity index is 169. The first kappa shape index (κ1) is 13.1. The first-order chi connectivity index (χ1) is 7.24. The third kappa shape index (κ3) is 3.25. The van der Waals surface area contributed by atoms with Crippen LogP contribution in [0.4, 0.5) is 0 Å². The van der Waals surface area contributed by atoms with Gasteiger partial charge in [-0.25, -0.2) is 0 Å². The van der Waals surface area contributed by atoms with Gasteiger partial charge in [-0.15, -0.1) is 0 Å². The molecule has 5 heteroatoms. The van der Waals surface area contributed by atoms with Crippen molar-refractivity contribution in [1.82, 2.24) is 20.2 Å². The third-order valence-electron chi connectivity index (χ3n) is 3.52. The van der Waals surface area contributed by atoms with Crippen LogP contribution in [0.15, 0.2) is 0 Å². The molecule has 0 aromatic rings. The fourth-order valence-corrected chi connectivity index (χ4v) is 5.30. The molecule has 0 amide bonds. The summed E-state index contributed by atoms with van der Waals surface area (Å²) in [5.41, 5.74) is 6.50. The van der Waals surface area contributed by atoms with Crippen molar-refractivity contribution in [1.29, 1.82) is 0 Å². The molecule has 1 aliphatic carbocycles. The minimum absolute atomic E-state index is 0.825. The lowest BCUT2D eigenvalue weighted by Gasteiger charge is -2.37. The molecule has 0 aliphatic heterocycles. The van der Waals surface area contributed by atoms with Crippen LogP contribution in [0.2, 0.25) is 6.04 Å². The van der Waals surface area contributed by atoms with Crippen molar-refractivity contribution in [3.8, 4) is 0 Å². The summed E-state index contributed by atoms with van der Waals surface area (Å²) in [6.07, 6.45) is 5.61. The number of hydrazine groups is 2. The quantitative estimate of drug-likeness (QED) is 0.519. The molecule has 4 nitrogen and oxygen atoms in total. The van der Waals surface area contributed by atoms with E-state index in [1.165, 1.54) is 31.7 Å². The van der Waals surface area contributed by atoms with Gasteiger partial charge in [0.15, 0.2) is 0 Å². The summed E-state index contributed by atoms with van der Waals surface area (Å²) >= 11 is 0. The molecule has 0 bridgehead atoms. The van der Waals surface area contributed by atoms with Gasteiger partial charge in [0.25, 0.3) is 0 Å². The van der Waals surface area contributed by atoms with Crippen LogP contribution in [0.25, 0.3) is 0 Å². The van der Waals surface area contributed by atoms with Crippen LogP contribution >= 0.6 is 0 Å². The van der Waals surface area contributed by atoms with Gasteiger partial charge < -0.3 is 4.57 Å². The Morgan fingerprint density at radius 2 is 1.73 bits per heavy atom. The lowest BCUT2D eigenvalue weighted by Crippen LogP contribution is -2.62. The zero-order valence-corrected chi connectivity index (χ0v) is 11.7. The van der Waals surface area contributed by atoms with E-state index in [2.05, 4.69) is 34.2 Å². The largest absolute Gasteiger partial charge is 0.312 e. The lowest BCUT2D eigenvalue weighted by atomic mass is 10.3. The number of nitrogens with one attached hydrogen (secondary N) is 2. The van der Waals surface area contributed by atoms with E-state index in [0.717, 1.165) is 6.04 Å². The van der Waals surface area contributed by atoms with E-state index < -0.39 is 9.12 Å². The molecule has 1 aliphatic rings. The van der Waals surface area contributed by atoms with Crippen molar-refractivity contribution in [3.05, 3.63) is 0 Å². The van der Waals surface area contributed by atoms with Crippen LogP contribution in [-0.2, 0) is 0 Å². The Labute approximate surface area is 95.7 Å². The van der Waals surface area contributed by atoms with Crippen LogP contribution in [-0.4, -0.2) is 45.7 Å². The van der Waals surface area contributed by atoms with E-state index in [-0.39, 0.29) is 0 Å². The van der Waals surface area contributed by atoms with Crippen molar-refractivity contribution in [2.45, 2.75) is 44.7 Å². The molecule has 1 rings (SSSR count). The summed E-state index contributed by atoms with van der Waals surface area (Å²) in [5, 5.41) is 0. The Hall–Kier alpha value is 0.0569. The summed E-state index contributed by atoms with van der Waals surface area (Å²) in [6.45, 7) is 2.30. The Kier molecular flexibility index (Phi) is 5.77. The summed E-state index contributed by atoms with van der Waals surface area (Å²) in [7, 11) is 5.26. The van der Waals surface area contributed by atoms with Crippen LogP contribution < -0.4 is 10.9 Å². The highest BCUT2D eigenvalue weighted by Crippen LogP contribution is 2.23. The summed E-state index contributed by atoms with van der Waals surface area (Å²) in [6, 6.07) is 2.08. The highest BCUT2D eigenvalue weighted by atomic mass is 28.3. The van der Waals surface area contributed by atoms with Crippen molar-refractivity contribution < 1.29 is 0 Å². The zero-order valence-electron chi connectivity index (χ0n) is 10.6. The van der Waals surface area contributed by atoms with Crippen LogP contribution in [0, 0.1) is 0 Å². The molecule has 1 saturated carbocycles. The molecule has 0 aromatic carbocycles. The van der Waals surface area contributed by atoms with Crippen molar-refractivity contribution in [3.63, 3.8) is 0 Å². The van der Waals surface area contributed by atoms with Crippen molar-refractivity contribution >= 4 is 9.12 Å². The first-order valence-corrected chi connectivity index (χ1v) is 7.95. The topological polar surface area (TPSA) is 30.5 Å². The molecular formula is C10H26N4Si. The molecule has 0 aromatic heterocycles. The Morgan fingerprint density at radius 1 is 1.20 bits per heavy atom. The molecule has 2 N–H and O–H groups in total. The number of hydrogen-bond acceptors (Lipinski definition) is 4. The fourth-order valence-electron chi connectivity index (χ4n) is 2.62. The summed E-state index contributed by atoms with van der Waals surface area (Å²) in [5.74, 6) is 0. The minimum Gasteiger partial charge on any atom is -0.312 e. The number of hydrogen-bond donors (Lipinski definition) is 2. The zero-order chi connectivity index (χ0) is 11.3. The van der Waals surface area contributed by atoms with Gasteiger partial charge in [-0.1, -0.05) is 19.8 Å². The highest BCUT2D eigenvalue weighted by molar-refractivity contribution is 6.52. The van der Waals surface area contributed by atoms with E-state index >= 15 is 0 Å². The molecule has 15 heavy (non-hydrogen) atoms. The maximum atomic E-state index is 3.25. The summed E-state index contributed by atoms with van der Waals surface area (Å²) in [4.78, 5) is 2.22. The lowest BCUT2D eigenvalue weighted by molar-refractivity contribution is 0.231. The van der Waals surface area contributed by atoms with Gasteiger partial charge in [0.1, 0.15) is 0 Å². The third-order valence-corrected chi connectivity index (χ3v) is 6.72. The molecule has 90 valence electrons. The number of rotatable bonds is 6. The maximum absolute atomic E-state index is 3.25. The Balaban J connectivity index is 2.54. The van der Waals surface area contributed by atoms with Crippen molar-refractivity contribution in [2.24, 2.45) is 0 Å². The molecule has 0 saturated heterocycles. The van der Waals surface area contributed by atoms with Gasteiger partial charge in [0.05, 0.1) is 0 Å². The molecule has 1 atom stereocenters. The normalized spacial score (nSPS) is 20.4. The SMILES string of the molecule is CC[SiH](N(NC)NC)N(C)C1CCCC1. The Morgan fingerprint density at radius 3 is 2.13 bits per heavy atom. The molecule has 0 heterocycles. The molecule has 0 radical (unpaired) electrons. The molecule has 1 fully saturated rings. The maximum Gasteiger partial charge on any atom is 0.224 e. The van der Waals surface area contributed by atoms with Gasteiger partial charge in [-0.3, -0.25) is 10.9 Å². The van der Waals surface area contributed by atoms with Crippen LogP contribution in [0.1, 0.15) is 32.6 Å². The minimum atomic E-state index is -1.03. The van der Waals surface area contributed by atoms with Crippen LogP contribution in [0.3, 0.4) is 0 Å². The standard InChI is InChI=1S/C10H26N4Si/c1-5-15(14(11-2)12-3)13(4)10-8-6-7-9-10/h10-12,15H,5-9H2,1-4H3. The van der Waals surface area contributed by atoms with Gasteiger partial charge in [-0.2, -0.15) is 4.78 Å². The van der Waals surface area contributed by atoms with E-state index in [4.69, 9.17) is 0 Å². The number of nitrogens with zero attached hydrogens (tertiary/aromatic N) is 2. The predicted octanol–water partition coefficient (Wildman–Crippen LogP) is 0.672. The monoisotopic (exact) mass is 230 g/mol. The van der Waals surface area contributed by atoms with Crippen molar-refractivity contribution in [2.75, 3.05) is 21.1 Å². The van der Waals surface area contributed by atoms with Gasteiger partial charge >= 0.3 is 0 Å². The smallest absolute Gasteiger partial charge is 0.224 e. The van der Waals surface area contributed by atoms with E-state index in [1.54, 1.807) is 0 Å². The van der Waals surface area contributed by atoms with Gasteiger partial charge in [0.2, 0.25) is 9.12 Å². The second-order valence-electron chi connectivity index (χ2n) is 4.31. The highest BCUT2D eigenvalue weighted by Gasteiger charge is 2.29. The fraction of sp³-hybridized carbons (Fsp3) is 1.00. The molecular weight excluding hydrogens is 204 g/mol. The van der Waals surface area contributed by atoms with E-state index in [1.807, 2.05) is 14.1 Å². The van der Waals surface area contributed by atoms with Crippen LogP contribution in [0.5, 0.6) is 0 Å². The second-order valence-corrected chi connectivity index (χ2v) is 7.42. The van der Waals surface area contributed by atoms with E-state index in [9.17, 15) is 0 Å². The van der Waals surface area contributed by atoms with E-state index in [0.29, 0.717) is 0 Å². The van der Waals surface area contributed by atoms with Gasteiger partial charge in [-0.05, 0) is 40.0 Å². The van der Waals surface area contributed by atoms with Gasteiger partial charge in [0, 0.05) is 6.04 Å². The second kappa shape index (κ2) is 6.60. The average molecular weight is 230 g/mol. The molecule has 1 unspecified atom stereocenters. The first-order valence-electron chi connectivity index (χ1n) is 6.10.